The standard InChI is InChI=1S/C24H23N3O3/c28-16-15-25-24(29)20-11-14-23(26-17-20)27-21(18-7-3-1-4-8-18)12-13-22(30-27)19-9-5-2-6-10-19/h1-14,17,21-22,28H,15-16H2,(H,25,29). The summed E-state index contributed by atoms with van der Waals surface area (Å²) in [5, 5.41) is 13.3. The van der Waals surface area contributed by atoms with E-state index in [0.29, 0.717) is 11.4 Å². The van der Waals surface area contributed by atoms with Gasteiger partial charge in [-0.25, -0.2) is 10.0 Å². The van der Waals surface area contributed by atoms with Crippen LogP contribution in [0.15, 0.2) is 91.1 Å². The fourth-order valence-electron chi connectivity index (χ4n) is 3.34. The highest BCUT2D eigenvalue weighted by Gasteiger charge is 2.28. The van der Waals surface area contributed by atoms with Gasteiger partial charge >= 0.3 is 0 Å². The van der Waals surface area contributed by atoms with E-state index in [1.165, 1.54) is 6.20 Å². The molecule has 0 aliphatic carbocycles. The molecule has 0 radical (unpaired) electrons. The first-order chi connectivity index (χ1) is 14.8. The second kappa shape index (κ2) is 9.35. The fraction of sp³-hybridized carbons (Fsp3) is 0.167. The molecule has 2 N–H and O–H groups in total. The summed E-state index contributed by atoms with van der Waals surface area (Å²) in [4.78, 5) is 22.9. The van der Waals surface area contributed by atoms with Gasteiger partial charge < -0.3 is 10.4 Å². The van der Waals surface area contributed by atoms with Crippen LogP contribution in [0.25, 0.3) is 0 Å². The minimum Gasteiger partial charge on any atom is -0.395 e. The summed E-state index contributed by atoms with van der Waals surface area (Å²) in [6.07, 6.45) is 5.45. The van der Waals surface area contributed by atoms with E-state index in [1.807, 2.05) is 60.7 Å². The third-order valence-electron chi connectivity index (χ3n) is 4.85. The molecule has 2 unspecified atom stereocenters. The summed E-state index contributed by atoms with van der Waals surface area (Å²) in [5.74, 6) is 0.331. The molecule has 2 aromatic carbocycles. The van der Waals surface area contributed by atoms with E-state index in [9.17, 15) is 4.79 Å². The topological polar surface area (TPSA) is 74.7 Å². The summed E-state index contributed by atoms with van der Waals surface area (Å²) in [7, 11) is 0. The number of hydrogen-bond donors (Lipinski definition) is 2. The van der Waals surface area contributed by atoms with Crippen LogP contribution in [-0.2, 0) is 4.84 Å². The second-order valence-corrected chi connectivity index (χ2v) is 6.89. The van der Waals surface area contributed by atoms with E-state index in [-0.39, 0.29) is 31.2 Å². The number of rotatable bonds is 6. The summed E-state index contributed by atoms with van der Waals surface area (Å²) in [6.45, 7) is 0.0975. The zero-order valence-corrected chi connectivity index (χ0v) is 16.4. The number of nitrogens with zero attached hydrogens (tertiary/aromatic N) is 2. The van der Waals surface area contributed by atoms with Gasteiger partial charge in [0.05, 0.1) is 12.2 Å². The van der Waals surface area contributed by atoms with Crippen LogP contribution in [0.1, 0.15) is 33.6 Å². The molecule has 3 aromatic rings. The number of benzene rings is 2. The van der Waals surface area contributed by atoms with Gasteiger partial charge in [0.15, 0.2) is 5.82 Å². The maximum atomic E-state index is 12.1. The molecule has 0 bridgehead atoms. The average molecular weight is 401 g/mol. The van der Waals surface area contributed by atoms with Gasteiger partial charge in [0, 0.05) is 12.7 Å². The summed E-state index contributed by atoms with van der Waals surface area (Å²) in [5.41, 5.74) is 2.55. The Balaban J connectivity index is 1.63. The number of carbonyl (C=O) groups is 1. The number of aliphatic hydroxyl groups is 1. The molecule has 1 aromatic heterocycles. The Kier molecular flexibility index (Phi) is 6.17. The predicted molar refractivity (Wildman–Crippen MR) is 115 cm³/mol. The Morgan fingerprint density at radius 3 is 2.30 bits per heavy atom. The van der Waals surface area contributed by atoms with Gasteiger partial charge in [-0.15, -0.1) is 0 Å². The Morgan fingerprint density at radius 2 is 1.67 bits per heavy atom. The third-order valence-corrected chi connectivity index (χ3v) is 4.85. The van der Waals surface area contributed by atoms with Crippen LogP contribution in [0, 0.1) is 0 Å². The van der Waals surface area contributed by atoms with E-state index in [2.05, 4.69) is 22.5 Å². The van der Waals surface area contributed by atoms with Gasteiger partial charge in [-0.3, -0.25) is 9.63 Å². The van der Waals surface area contributed by atoms with Crippen molar-refractivity contribution in [2.24, 2.45) is 0 Å². The lowest BCUT2D eigenvalue weighted by atomic mass is 10.0. The van der Waals surface area contributed by atoms with E-state index >= 15 is 0 Å². The van der Waals surface area contributed by atoms with Crippen molar-refractivity contribution in [3.8, 4) is 0 Å². The zero-order chi connectivity index (χ0) is 20.8. The molecule has 4 rings (SSSR count). The van der Waals surface area contributed by atoms with Crippen molar-refractivity contribution in [2.45, 2.75) is 12.1 Å². The smallest absolute Gasteiger partial charge is 0.252 e. The van der Waals surface area contributed by atoms with E-state index in [1.54, 1.807) is 17.2 Å². The highest BCUT2D eigenvalue weighted by molar-refractivity contribution is 5.94. The van der Waals surface area contributed by atoms with Crippen LogP contribution in [0.4, 0.5) is 5.82 Å². The zero-order valence-electron chi connectivity index (χ0n) is 16.4. The average Bonchev–Trinajstić information content (AvgIpc) is 2.83. The molecule has 152 valence electrons. The van der Waals surface area contributed by atoms with Crippen LogP contribution < -0.4 is 10.4 Å². The molecule has 2 atom stereocenters. The first-order valence-electron chi connectivity index (χ1n) is 9.85. The summed E-state index contributed by atoms with van der Waals surface area (Å²) in [6, 6.07) is 23.4. The lowest BCUT2D eigenvalue weighted by Gasteiger charge is -2.36. The van der Waals surface area contributed by atoms with Gasteiger partial charge in [-0.1, -0.05) is 72.8 Å². The highest BCUT2D eigenvalue weighted by Crippen LogP contribution is 2.36. The number of nitrogens with one attached hydrogen (secondary N) is 1. The maximum absolute atomic E-state index is 12.1. The van der Waals surface area contributed by atoms with Gasteiger partial charge in [-0.2, -0.15) is 0 Å². The molecule has 30 heavy (non-hydrogen) atoms. The largest absolute Gasteiger partial charge is 0.395 e. The number of anilines is 1. The van der Waals surface area contributed by atoms with Crippen molar-refractivity contribution in [3.63, 3.8) is 0 Å². The van der Waals surface area contributed by atoms with Crippen LogP contribution in [0.2, 0.25) is 0 Å². The Labute approximate surface area is 175 Å². The number of aliphatic hydroxyl groups excluding tert-OH is 1. The SMILES string of the molecule is O=C(NCCO)c1ccc(N2OC(c3ccccc3)C=CC2c2ccccc2)nc1. The fourth-order valence-corrected chi connectivity index (χ4v) is 3.34. The molecule has 1 amide bonds. The molecule has 0 saturated carbocycles. The molecule has 0 fully saturated rings. The molecule has 6 heteroatoms. The molecular weight excluding hydrogens is 378 g/mol. The lowest BCUT2D eigenvalue weighted by molar-refractivity contribution is 0.0386. The van der Waals surface area contributed by atoms with Crippen LogP contribution >= 0.6 is 0 Å². The van der Waals surface area contributed by atoms with E-state index < -0.39 is 0 Å². The third kappa shape index (κ3) is 4.40. The van der Waals surface area contributed by atoms with Crippen molar-refractivity contribution in [3.05, 3.63) is 108 Å². The number of amides is 1. The number of pyridine rings is 1. The Morgan fingerprint density at radius 1 is 0.967 bits per heavy atom. The van der Waals surface area contributed by atoms with Crippen LogP contribution in [-0.4, -0.2) is 29.1 Å². The number of hydroxylamine groups is 1. The molecule has 6 nitrogen and oxygen atoms in total. The van der Waals surface area contributed by atoms with Gasteiger partial charge in [-0.05, 0) is 23.3 Å². The maximum Gasteiger partial charge on any atom is 0.252 e. The monoisotopic (exact) mass is 401 g/mol. The van der Waals surface area contributed by atoms with E-state index in [0.717, 1.165) is 11.1 Å². The minimum atomic E-state index is -0.274. The lowest BCUT2D eigenvalue weighted by Crippen LogP contribution is -2.33. The normalized spacial score (nSPS) is 18.2. The predicted octanol–water partition coefficient (Wildman–Crippen LogP) is 3.59. The van der Waals surface area contributed by atoms with Gasteiger partial charge in [0.25, 0.3) is 5.91 Å². The molecular formula is C24H23N3O3. The van der Waals surface area contributed by atoms with Crippen LogP contribution in [0.5, 0.6) is 0 Å². The molecule has 0 saturated heterocycles. The first-order valence-corrected chi connectivity index (χ1v) is 9.85. The van der Waals surface area contributed by atoms with Gasteiger partial charge in [0.1, 0.15) is 12.1 Å². The molecule has 1 aliphatic heterocycles. The number of hydrogen-bond acceptors (Lipinski definition) is 5. The van der Waals surface area contributed by atoms with Crippen molar-refractivity contribution in [2.75, 3.05) is 18.2 Å². The van der Waals surface area contributed by atoms with Crippen molar-refractivity contribution in [1.82, 2.24) is 10.3 Å². The van der Waals surface area contributed by atoms with Crippen molar-refractivity contribution >= 4 is 11.7 Å². The summed E-state index contributed by atoms with van der Waals surface area (Å²) < 4.78 is 0. The van der Waals surface area contributed by atoms with Crippen molar-refractivity contribution in [1.29, 1.82) is 0 Å². The summed E-state index contributed by atoms with van der Waals surface area (Å²) >= 11 is 0. The number of carbonyl (C=O) groups excluding carboxylic acids is 1. The number of aromatic nitrogens is 1. The quantitative estimate of drug-likeness (QED) is 0.618. The first kappa shape index (κ1) is 19.8. The van der Waals surface area contributed by atoms with Gasteiger partial charge in [0.2, 0.25) is 0 Å². The minimum absolute atomic E-state index is 0.106. The van der Waals surface area contributed by atoms with Crippen LogP contribution in [0.3, 0.4) is 0 Å². The molecule has 1 aliphatic rings. The Bertz CT molecular complexity index is 991. The molecule has 2 heterocycles. The highest BCUT2D eigenvalue weighted by atomic mass is 16.7. The Hall–Kier alpha value is -3.48. The van der Waals surface area contributed by atoms with E-state index in [4.69, 9.17) is 9.94 Å². The second-order valence-electron chi connectivity index (χ2n) is 6.89. The van der Waals surface area contributed by atoms with Crippen molar-refractivity contribution < 1.29 is 14.7 Å². The molecule has 0 spiro atoms.